The zero-order valence-electron chi connectivity index (χ0n) is 31.5. The van der Waals surface area contributed by atoms with Gasteiger partial charge in [-0.2, -0.15) is 0 Å². The standard InChI is InChI=1S/C44H49N5O7/c1-48(21-7-20-45-26-38(51)35-14-16-37(50)42-36(35)15-17-40(52)46-42)43(53)33-12-5-8-29(24-33)28-55-34-13-6-11-32(25-34)41(31-9-3-2-4-10-31)47-44(54)56-39-27-49-22-18-30(39)19-23-49/h2-6,8-17,24-25,30,38-39,41,45,50-51H,7,18-23,26-28H2,1H3,(H,46,52)(H,47,54)/t38-,39+,41-/m0/s1. The first-order chi connectivity index (χ1) is 27.2. The van der Waals surface area contributed by atoms with E-state index in [4.69, 9.17) is 9.47 Å². The molecular weight excluding hydrogens is 711 g/mol. The van der Waals surface area contributed by atoms with E-state index in [0.717, 1.165) is 49.2 Å². The number of carbonyl (C=O) groups is 2. The highest BCUT2D eigenvalue weighted by atomic mass is 16.6. The van der Waals surface area contributed by atoms with Crippen LogP contribution >= 0.6 is 0 Å². The molecule has 56 heavy (non-hydrogen) atoms. The molecule has 4 aromatic carbocycles. The summed E-state index contributed by atoms with van der Waals surface area (Å²) in [6.07, 6.45) is 1.41. The highest BCUT2D eigenvalue weighted by Gasteiger charge is 2.37. The summed E-state index contributed by atoms with van der Waals surface area (Å²) in [5.74, 6) is 0.882. The quantitative estimate of drug-likeness (QED) is 0.0870. The molecule has 2 bridgehead atoms. The summed E-state index contributed by atoms with van der Waals surface area (Å²) in [4.78, 5) is 45.0. The van der Waals surface area contributed by atoms with Crippen molar-refractivity contribution in [2.75, 3.05) is 46.3 Å². The number of aromatic amines is 1. The summed E-state index contributed by atoms with van der Waals surface area (Å²) < 4.78 is 12.2. The number of piperidine rings is 3. The van der Waals surface area contributed by atoms with E-state index in [1.807, 2.05) is 72.8 Å². The van der Waals surface area contributed by atoms with E-state index >= 15 is 0 Å². The topological polar surface area (TPSA) is 156 Å². The Labute approximate surface area is 326 Å². The SMILES string of the molecule is CN(CCCNC[C@H](O)c1ccc(O)c2[nH]c(=O)ccc12)C(=O)c1cccc(COc2cccc([C@@H](NC(=O)O[C@@H]3CN4CCC3CC4)c3ccccc3)c2)c1. The minimum atomic E-state index is -0.860. The highest BCUT2D eigenvalue weighted by molar-refractivity contribution is 5.94. The number of aliphatic hydroxyl groups is 1. The third-order valence-electron chi connectivity index (χ3n) is 10.8. The number of H-pyrrole nitrogens is 1. The Morgan fingerprint density at radius 1 is 0.946 bits per heavy atom. The van der Waals surface area contributed by atoms with Crippen LogP contribution in [-0.4, -0.2) is 89.4 Å². The van der Waals surface area contributed by atoms with Gasteiger partial charge >= 0.3 is 6.09 Å². The number of ether oxygens (including phenoxy) is 2. The van der Waals surface area contributed by atoms with Gasteiger partial charge in [-0.05, 0) is 103 Å². The minimum absolute atomic E-state index is 0.0568. The Balaban J connectivity index is 0.904. The summed E-state index contributed by atoms with van der Waals surface area (Å²) in [7, 11) is 1.76. The number of nitrogens with one attached hydrogen (secondary N) is 3. The fraction of sp³-hybridized carbons (Fsp3) is 0.341. The molecule has 3 atom stereocenters. The number of pyridine rings is 1. The third-order valence-corrected chi connectivity index (χ3v) is 10.8. The van der Waals surface area contributed by atoms with Gasteiger partial charge in [0.25, 0.3) is 5.91 Å². The van der Waals surface area contributed by atoms with E-state index in [9.17, 15) is 24.6 Å². The van der Waals surface area contributed by atoms with E-state index in [2.05, 4.69) is 20.5 Å². The number of carbonyl (C=O) groups excluding carboxylic acids is 2. The van der Waals surface area contributed by atoms with Crippen LogP contribution in [0.25, 0.3) is 10.9 Å². The van der Waals surface area contributed by atoms with Gasteiger partial charge in [-0.3, -0.25) is 14.5 Å². The van der Waals surface area contributed by atoms with Crippen LogP contribution in [0.1, 0.15) is 64.0 Å². The Morgan fingerprint density at radius 3 is 2.52 bits per heavy atom. The maximum atomic E-state index is 13.3. The number of benzene rings is 4. The Bertz CT molecular complexity index is 2190. The molecule has 2 amide bonds. The largest absolute Gasteiger partial charge is 0.506 e. The van der Waals surface area contributed by atoms with Crippen molar-refractivity contribution in [2.45, 2.75) is 44.1 Å². The number of rotatable bonds is 15. The van der Waals surface area contributed by atoms with Crippen LogP contribution in [0.15, 0.2) is 108 Å². The molecule has 12 nitrogen and oxygen atoms in total. The fourth-order valence-electron chi connectivity index (χ4n) is 7.74. The predicted molar refractivity (Wildman–Crippen MR) is 214 cm³/mol. The molecule has 5 N–H and O–H groups in total. The van der Waals surface area contributed by atoms with Crippen molar-refractivity contribution in [3.8, 4) is 11.5 Å². The Morgan fingerprint density at radius 2 is 1.73 bits per heavy atom. The fourth-order valence-corrected chi connectivity index (χ4v) is 7.74. The van der Waals surface area contributed by atoms with Gasteiger partial charge in [-0.1, -0.05) is 60.7 Å². The van der Waals surface area contributed by atoms with Crippen LogP contribution in [0.5, 0.6) is 11.5 Å². The van der Waals surface area contributed by atoms with Gasteiger partial charge < -0.3 is 40.2 Å². The molecule has 5 aromatic rings. The van der Waals surface area contributed by atoms with Crippen molar-refractivity contribution >= 4 is 22.9 Å². The van der Waals surface area contributed by atoms with Gasteiger partial charge in [0.1, 0.15) is 24.2 Å². The number of phenolic OH excluding ortho intramolecular Hbond substituents is 1. The lowest BCUT2D eigenvalue weighted by molar-refractivity contribution is -0.0336. The number of aromatic nitrogens is 1. The number of fused-ring (bicyclic) bond motifs is 4. The van der Waals surface area contributed by atoms with Gasteiger partial charge in [0.15, 0.2) is 0 Å². The maximum absolute atomic E-state index is 13.3. The summed E-state index contributed by atoms with van der Waals surface area (Å²) in [6, 6.07) is 30.5. The third kappa shape index (κ3) is 9.39. The minimum Gasteiger partial charge on any atom is -0.506 e. The second-order valence-corrected chi connectivity index (χ2v) is 14.7. The molecule has 0 aliphatic carbocycles. The molecule has 3 aliphatic rings. The van der Waals surface area contributed by atoms with Crippen molar-refractivity contribution in [1.82, 2.24) is 25.4 Å². The maximum Gasteiger partial charge on any atom is 0.408 e. The Hall–Kier alpha value is -5.69. The number of phenols is 1. The molecule has 3 fully saturated rings. The molecule has 3 aliphatic heterocycles. The highest BCUT2D eigenvalue weighted by Crippen LogP contribution is 2.31. The number of aromatic hydroxyl groups is 1. The van der Waals surface area contributed by atoms with E-state index < -0.39 is 18.2 Å². The normalized spacial score (nSPS) is 18.6. The molecular formula is C44H49N5O7. The van der Waals surface area contributed by atoms with Crippen molar-refractivity contribution in [3.63, 3.8) is 0 Å². The van der Waals surface area contributed by atoms with Gasteiger partial charge in [0.2, 0.25) is 5.56 Å². The van der Waals surface area contributed by atoms with Crippen LogP contribution in [0.4, 0.5) is 4.79 Å². The first-order valence-electron chi connectivity index (χ1n) is 19.3. The molecule has 1 aromatic heterocycles. The number of aliphatic hydroxyl groups excluding tert-OH is 1. The summed E-state index contributed by atoms with van der Waals surface area (Å²) in [5.41, 5.74) is 3.74. The number of nitrogens with zero attached hydrogens (tertiary/aromatic N) is 2. The van der Waals surface area contributed by atoms with Crippen LogP contribution in [0.3, 0.4) is 0 Å². The molecule has 0 radical (unpaired) electrons. The van der Waals surface area contributed by atoms with E-state index in [1.165, 1.54) is 12.1 Å². The van der Waals surface area contributed by atoms with Crippen molar-refractivity contribution in [2.24, 2.45) is 5.92 Å². The average Bonchev–Trinajstić information content (AvgIpc) is 3.22. The second-order valence-electron chi connectivity index (χ2n) is 14.7. The molecule has 292 valence electrons. The molecule has 8 rings (SSSR count). The van der Waals surface area contributed by atoms with Crippen LogP contribution < -0.4 is 20.9 Å². The van der Waals surface area contributed by atoms with E-state index in [-0.39, 0.29) is 36.5 Å². The molecule has 3 saturated heterocycles. The lowest BCUT2D eigenvalue weighted by atomic mass is 9.86. The Kier molecular flexibility index (Phi) is 12.3. The molecule has 0 unspecified atom stereocenters. The molecule has 4 heterocycles. The van der Waals surface area contributed by atoms with Gasteiger partial charge in [-0.25, -0.2) is 4.79 Å². The molecule has 0 saturated carbocycles. The summed E-state index contributed by atoms with van der Waals surface area (Å²) in [5, 5.41) is 27.9. The van der Waals surface area contributed by atoms with Gasteiger partial charge in [0.05, 0.1) is 17.7 Å². The zero-order valence-corrected chi connectivity index (χ0v) is 31.5. The monoisotopic (exact) mass is 759 g/mol. The molecule has 12 heteroatoms. The van der Waals surface area contributed by atoms with Crippen molar-refractivity contribution in [1.29, 1.82) is 0 Å². The van der Waals surface area contributed by atoms with Crippen LogP contribution in [0.2, 0.25) is 0 Å². The van der Waals surface area contributed by atoms with E-state index in [1.54, 1.807) is 30.1 Å². The smallest absolute Gasteiger partial charge is 0.408 e. The predicted octanol–water partition coefficient (Wildman–Crippen LogP) is 5.51. The average molecular weight is 760 g/mol. The van der Waals surface area contributed by atoms with Crippen molar-refractivity contribution < 1.29 is 29.3 Å². The van der Waals surface area contributed by atoms with Gasteiger partial charge in [0, 0.05) is 43.7 Å². The summed E-state index contributed by atoms with van der Waals surface area (Å²) >= 11 is 0. The first-order valence-corrected chi connectivity index (χ1v) is 19.3. The summed E-state index contributed by atoms with van der Waals surface area (Å²) in [6.45, 7) is 4.52. The first kappa shape index (κ1) is 38.6. The zero-order chi connectivity index (χ0) is 39.0. The van der Waals surface area contributed by atoms with Crippen molar-refractivity contribution in [3.05, 3.63) is 141 Å². The van der Waals surface area contributed by atoms with Gasteiger partial charge in [-0.15, -0.1) is 0 Å². The lowest BCUT2D eigenvalue weighted by Crippen LogP contribution is -2.52. The number of hydrogen-bond donors (Lipinski definition) is 5. The lowest BCUT2D eigenvalue weighted by Gasteiger charge is -2.43. The molecule has 0 spiro atoms. The van der Waals surface area contributed by atoms with Crippen LogP contribution in [0, 0.1) is 5.92 Å². The van der Waals surface area contributed by atoms with E-state index in [0.29, 0.717) is 53.2 Å². The number of amides is 2. The number of hydrogen-bond acceptors (Lipinski definition) is 9. The number of alkyl carbamates (subject to hydrolysis) is 1. The second kappa shape index (κ2) is 17.8. The van der Waals surface area contributed by atoms with Crippen LogP contribution in [-0.2, 0) is 11.3 Å².